The highest BCUT2D eigenvalue weighted by Gasteiger charge is 2.51. The van der Waals surface area contributed by atoms with Crippen LogP contribution in [0, 0.1) is 0 Å². The summed E-state index contributed by atoms with van der Waals surface area (Å²) in [5, 5.41) is 101. The molecule has 29 nitrogen and oxygen atoms in total. The Morgan fingerprint density at radius 2 is 1.25 bits per heavy atom. The summed E-state index contributed by atoms with van der Waals surface area (Å²) in [5.41, 5.74) is 15.8. The maximum Gasteiger partial charge on any atom is 0.322 e. The first kappa shape index (κ1) is 51.2. The molecule has 0 spiro atoms. The van der Waals surface area contributed by atoms with Crippen LogP contribution in [-0.2, 0) is 52.5 Å². The number of ether oxygens (including phenoxy) is 4. The average Bonchev–Trinajstić information content (AvgIpc) is 3.20. The van der Waals surface area contributed by atoms with Gasteiger partial charge < -0.3 is 109 Å². The van der Waals surface area contributed by atoms with E-state index in [9.17, 15) is 74.4 Å². The molecule has 29 heteroatoms. The van der Waals surface area contributed by atoms with Gasteiger partial charge in [-0.1, -0.05) is 0 Å². The zero-order valence-electron chi connectivity index (χ0n) is 31.8. The van der Waals surface area contributed by atoms with Crippen molar-refractivity contribution < 1.29 is 98.5 Å². The van der Waals surface area contributed by atoms with Crippen molar-refractivity contribution in [3.8, 4) is 0 Å². The van der Waals surface area contributed by atoms with Gasteiger partial charge in [0.1, 0.15) is 73.5 Å². The fourth-order valence-corrected chi connectivity index (χ4v) is 5.57. The number of nitrogens with one attached hydrogen (secondary N) is 5. The Morgan fingerprint density at radius 1 is 0.667 bits per heavy atom. The van der Waals surface area contributed by atoms with Gasteiger partial charge in [0.15, 0.2) is 18.5 Å². The van der Waals surface area contributed by atoms with Gasteiger partial charge in [-0.15, -0.1) is 0 Å². The second kappa shape index (κ2) is 25.0. The standard InChI is InChI=1S/C31H53N9O20/c32-5-16(43)38-11(2-1-3-35-31(33)34)26(54)36-6-17(44)39-12(4-18(45)46)28(56)40-13(27(55)37-7-19(47)48)10-57-29-24(53)22(51)25(15(9-42)59-29)60-30-23(52)21(50)20(49)14(8-41)58-30/h11-15,20-25,29-30,41-42,49-53H,1-10,32H2,(H,36,54)(H,37,55)(H,38,43)(H,39,44)(H,40,56)(H,45,46)(H,47,48)(H4,33,34,35)/t11-,12-,13-,14+,15+,20-,21-,22+,23+,24+,25+,29+,30-/m0/s1. The van der Waals surface area contributed by atoms with Gasteiger partial charge in [0, 0.05) is 6.54 Å². The number of aliphatic hydroxyl groups excluding tert-OH is 7. The Morgan fingerprint density at radius 3 is 1.83 bits per heavy atom. The molecule has 0 aromatic rings. The molecule has 20 N–H and O–H groups in total. The molecule has 0 saturated carbocycles. The Hall–Kier alpha value is -4.92. The van der Waals surface area contributed by atoms with Crippen LogP contribution in [0.15, 0.2) is 4.99 Å². The largest absolute Gasteiger partial charge is 0.481 e. The van der Waals surface area contributed by atoms with Crippen molar-refractivity contribution in [2.75, 3.05) is 46.0 Å². The molecule has 0 aromatic heterocycles. The Kier molecular flexibility index (Phi) is 21.3. The van der Waals surface area contributed by atoms with Crippen molar-refractivity contribution in [3.63, 3.8) is 0 Å². The highest BCUT2D eigenvalue weighted by molar-refractivity contribution is 5.96. The number of aliphatic imine (C=N–C) groups is 1. The minimum Gasteiger partial charge on any atom is -0.481 e. The molecule has 0 aliphatic carbocycles. The monoisotopic (exact) mass is 871 g/mol. The summed E-state index contributed by atoms with van der Waals surface area (Å²) in [7, 11) is 0. The Balaban J connectivity index is 2.17. The number of carboxylic acid groups (broad SMARTS) is 2. The summed E-state index contributed by atoms with van der Waals surface area (Å²) >= 11 is 0. The molecule has 5 amide bonds. The lowest BCUT2D eigenvalue weighted by Crippen LogP contribution is -2.65. The summed E-state index contributed by atoms with van der Waals surface area (Å²) in [6, 6.07) is -5.10. The molecular weight excluding hydrogens is 818 g/mol. The molecule has 2 rings (SSSR count). The van der Waals surface area contributed by atoms with E-state index in [-0.39, 0.29) is 25.3 Å². The lowest BCUT2D eigenvalue weighted by atomic mass is 9.97. The van der Waals surface area contributed by atoms with Crippen molar-refractivity contribution in [2.24, 2.45) is 22.2 Å². The predicted molar refractivity (Wildman–Crippen MR) is 193 cm³/mol. The fraction of sp³-hybridized carbons (Fsp3) is 0.742. The van der Waals surface area contributed by atoms with Crippen LogP contribution < -0.4 is 43.8 Å². The lowest BCUT2D eigenvalue weighted by molar-refractivity contribution is -0.359. The molecule has 2 aliphatic heterocycles. The van der Waals surface area contributed by atoms with Crippen molar-refractivity contribution in [1.82, 2.24) is 26.6 Å². The van der Waals surface area contributed by atoms with Gasteiger partial charge in [-0.25, -0.2) is 0 Å². The number of nitrogens with two attached hydrogens (primary N) is 3. The van der Waals surface area contributed by atoms with Gasteiger partial charge in [0.25, 0.3) is 0 Å². The number of hydrogen-bond acceptors (Lipinski definition) is 20. The number of guanidine groups is 1. The molecule has 2 fully saturated rings. The van der Waals surface area contributed by atoms with Crippen LogP contribution in [0.3, 0.4) is 0 Å². The van der Waals surface area contributed by atoms with Crippen LogP contribution in [0.2, 0.25) is 0 Å². The minimum atomic E-state index is -2.10. The number of carbonyl (C=O) groups excluding carboxylic acids is 5. The van der Waals surface area contributed by atoms with Crippen molar-refractivity contribution in [1.29, 1.82) is 0 Å². The molecule has 0 radical (unpaired) electrons. The van der Waals surface area contributed by atoms with Gasteiger partial charge in [-0.3, -0.25) is 38.6 Å². The van der Waals surface area contributed by atoms with Crippen LogP contribution >= 0.6 is 0 Å². The van der Waals surface area contributed by atoms with E-state index in [2.05, 4.69) is 26.3 Å². The smallest absolute Gasteiger partial charge is 0.322 e. The van der Waals surface area contributed by atoms with Gasteiger partial charge in [0.05, 0.1) is 39.3 Å². The number of amides is 5. The highest BCUT2D eigenvalue weighted by atomic mass is 16.7. The molecule has 0 unspecified atom stereocenters. The quantitative estimate of drug-likeness (QED) is 0.0243. The van der Waals surface area contributed by atoms with E-state index in [1.807, 2.05) is 5.32 Å². The molecule has 2 heterocycles. The number of nitrogens with zero attached hydrogens (tertiary/aromatic N) is 1. The molecule has 2 saturated heterocycles. The van der Waals surface area contributed by atoms with E-state index in [0.29, 0.717) is 0 Å². The summed E-state index contributed by atoms with van der Waals surface area (Å²) in [6.07, 6.45) is -19.2. The number of rotatable bonds is 24. The number of aliphatic hydroxyl groups is 7. The van der Waals surface area contributed by atoms with Crippen LogP contribution in [-0.4, -0.2) is 219 Å². The number of carboxylic acids is 2. The number of aliphatic carboxylic acids is 2. The van der Waals surface area contributed by atoms with Gasteiger partial charge in [-0.2, -0.15) is 0 Å². The Labute approximate surface area is 339 Å². The third-order valence-electron chi connectivity index (χ3n) is 8.67. The molecule has 342 valence electrons. The Bertz CT molecular complexity index is 1500. The van der Waals surface area contributed by atoms with Gasteiger partial charge in [0.2, 0.25) is 29.5 Å². The first-order valence-electron chi connectivity index (χ1n) is 18.1. The van der Waals surface area contributed by atoms with Gasteiger partial charge in [-0.05, 0) is 12.8 Å². The lowest BCUT2D eigenvalue weighted by Gasteiger charge is -2.46. The van der Waals surface area contributed by atoms with E-state index in [4.69, 9.17) is 41.3 Å². The molecule has 0 aromatic carbocycles. The predicted octanol–water partition coefficient (Wildman–Crippen LogP) is -11.1. The molecular formula is C31H53N9O20. The topological polar surface area (TPSA) is 489 Å². The number of carbonyl (C=O) groups is 7. The third kappa shape index (κ3) is 15.9. The summed E-state index contributed by atoms with van der Waals surface area (Å²) < 4.78 is 21.6. The first-order chi connectivity index (χ1) is 28.2. The van der Waals surface area contributed by atoms with Crippen LogP contribution in [0.4, 0.5) is 0 Å². The normalized spacial score (nSPS) is 27.9. The number of hydrogen-bond donors (Lipinski definition) is 17. The summed E-state index contributed by atoms with van der Waals surface area (Å²) in [4.78, 5) is 90.2. The zero-order chi connectivity index (χ0) is 45.3. The van der Waals surface area contributed by atoms with Gasteiger partial charge >= 0.3 is 11.9 Å². The molecule has 60 heavy (non-hydrogen) atoms. The molecule has 0 bridgehead atoms. The van der Waals surface area contributed by atoms with E-state index >= 15 is 0 Å². The van der Waals surface area contributed by atoms with Crippen LogP contribution in [0.5, 0.6) is 0 Å². The second-order valence-electron chi connectivity index (χ2n) is 13.2. The average molecular weight is 872 g/mol. The fourth-order valence-electron chi connectivity index (χ4n) is 5.57. The minimum absolute atomic E-state index is 0.00747. The van der Waals surface area contributed by atoms with Crippen molar-refractivity contribution in [2.45, 2.75) is 98.8 Å². The second-order valence-corrected chi connectivity index (χ2v) is 13.2. The highest BCUT2D eigenvalue weighted by Crippen LogP contribution is 2.29. The van der Waals surface area contributed by atoms with E-state index in [0.717, 1.165) is 0 Å². The van der Waals surface area contributed by atoms with E-state index in [1.165, 1.54) is 0 Å². The van der Waals surface area contributed by atoms with Crippen molar-refractivity contribution in [3.05, 3.63) is 0 Å². The van der Waals surface area contributed by atoms with Crippen LogP contribution in [0.25, 0.3) is 0 Å². The maximum atomic E-state index is 13.3. The molecule has 2 aliphatic rings. The van der Waals surface area contributed by atoms with Crippen molar-refractivity contribution >= 4 is 47.4 Å². The summed E-state index contributed by atoms with van der Waals surface area (Å²) in [5.74, 6) is -8.70. The maximum absolute atomic E-state index is 13.3. The third-order valence-corrected chi connectivity index (χ3v) is 8.67. The first-order valence-corrected chi connectivity index (χ1v) is 18.1. The van der Waals surface area contributed by atoms with E-state index in [1.54, 1.807) is 0 Å². The van der Waals surface area contributed by atoms with Crippen LogP contribution in [0.1, 0.15) is 19.3 Å². The zero-order valence-corrected chi connectivity index (χ0v) is 31.8. The summed E-state index contributed by atoms with van der Waals surface area (Å²) in [6.45, 7) is -5.06. The molecule has 13 atom stereocenters. The van der Waals surface area contributed by atoms with E-state index < -0.39 is 167 Å². The SMILES string of the molecule is NCC(=O)N[C@@H](CCCN=C(N)N)C(=O)NCC(=O)N[C@@H](CC(=O)O)C(=O)N[C@@H](CO[C@@H]1O[C@H](CO)[C@@H](O[C@@H]2O[C@H](CO)[C@H](O)[C@H](O)[C@H]2O)[C@H](O)[C@H]1O)C(=O)NCC(=O)O.